The van der Waals surface area contributed by atoms with Crippen LogP contribution in [0.3, 0.4) is 0 Å². The van der Waals surface area contributed by atoms with Crippen molar-refractivity contribution in [3.63, 3.8) is 0 Å². The van der Waals surface area contributed by atoms with Crippen LogP contribution in [0.25, 0.3) is 0 Å². The molecular weight excluding hydrogens is 255 g/mol. The number of hydrogen-bond acceptors (Lipinski definition) is 1. The van der Waals surface area contributed by atoms with Crippen LogP contribution >= 0.6 is 23.2 Å². The molecule has 0 aliphatic heterocycles. The Labute approximate surface area is 113 Å². The van der Waals surface area contributed by atoms with Crippen molar-refractivity contribution in [1.29, 1.82) is 0 Å². The summed E-state index contributed by atoms with van der Waals surface area (Å²) in [6.07, 6.45) is 6.60. The summed E-state index contributed by atoms with van der Waals surface area (Å²) in [5, 5.41) is 11.4. The molecule has 3 heteroatoms. The minimum Gasteiger partial charge on any atom is -0.388 e. The van der Waals surface area contributed by atoms with Gasteiger partial charge in [-0.2, -0.15) is 0 Å². The quantitative estimate of drug-likeness (QED) is 0.821. The van der Waals surface area contributed by atoms with E-state index in [0.717, 1.165) is 6.42 Å². The van der Waals surface area contributed by atoms with Crippen LogP contribution in [-0.4, -0.2) is 5.11 Å². The van der Waals surface area contributed by atoms with Crippen LogP contribution < -0.4 is 0 Å². The largest absolute Gasteiger partial charge is 0.388 e. The molecule has 0 radical (unpaired) electrons. The molecule has 1 atom stereocenters. The molecule has 0 amide bonds. The van der Waals surface area contributed by atoms with Crippen LogP contribution in [0.15, 0.2) is 18.2 Å². The lowest BCUT2D eigenvalue weighted by Crippen LogP contribution is -2.11. The molecular formula is C14H18Cl2O. The van der Waals surface area contributed by atoms with Crippen LogP contribution in [0.4, 0.5) is 0 Å². The van der Waals surface area contributed by atoms with Gasteiger partial charge in [0.1, 0.15) is 0 Å². The topological polar surface area (TPSA) is 20.2 Å². The summed E-state index contributed by atoms with van der Waals surface area (Å²) >= 11 is 12.2. The molecule has 1 aromatic rings. The minimum absolute atomic E-state index is 0.528. The predicted molar refractivity (Wildman–Crippen MR) is 72.6 cm³/mol. The average molecular weight is 273 g/mol. The van der Waals surface area contributed by atoms with Gasteiger partial charge in [0.2, 0.25) is 0 Å². The molecule has 1 aromatic carbocycles. The molecule has 1 saturated carbocycles. The lowest BCUT2D eigenvalue weighted by Gasteiger charge is -2.24. The highest BCUT2D eigenvalue weighted by Gasteiger charge is 2.21. The van der Waals surface area contributed by atoms with E-state index in [1.807, 2.05) is 6.07 Å². The second-order valence-electron chi connectivity index (χ2n) is 4.89. The summed E-state index contributed by atoms with van der Waals surface area (Å²) in [4.78, 5) is 0. The Morgan fingerprint density at radius 1 is 1.12 bits per heavy atom. The Hall–Kier alpha value is -0.240. The highest BCUT2D eigenvalue weighted by molar-refractivity contribution is 6.36. The number of aliphatic hydroxyl groups is 1. The fourth-order valence-corrected chi connectivity index (χ4v) is 3.33. The van der Waals surface area contributed by atoms with Gasteiger partial charge in [-0.1, -0.05) is 61.4 Å². The molecule has 0 spiro atoms. The molecule has 1 fully saturated rings. The van der Waals surface area contributed by atoms with Crippen molar-refractivity contribution in [1.82, 2.24) is 0 Å². The van der Waals surface area contributed by atoms with E-state index >= 15 is 0 Å². The van der Waals surface area contributed by atoms with Crippen LogP contribution in [0.2, 0.25) is 10.0 Å². The first-order valence-electron chi connectivity index (χ1n) is 6.30. The van der Waals surface area contributed by atoms with Gasteiger partial charge in [0, 0.05) is 15.6 Å². The first-order chi connectivity index (χ1) is 8.18. The summed E-state index contributed by atoms with van der Waals surface area (Å²) < 4.78 is 0. The van der Waals surface area contributed by atoms with Gasteiger partial charge in [0.25, 0.3) is 0 Å². The Kier molecular flexibility index (Phi) is 4.72. The molecule has 1 aliphatic rings. The van der Waals surface area contributed by atoms with E-state index in [1.165, 1.54) is 32.1 Å². The highest BCUT2D eigenvalue weighted by atomic mass is 35.5. The molecule has 1 N–H and O–H groups in total. The second-order valence-corrected chi connectivity index (χ2v) is 5.71. The van der Waals surface area contributed by atoms with Crippen molar-refractivity contribution in [2.45, 2.75) is 44.6 Å². The molecule has 0 saturated heterocycles. The molecule has 0 bridgehead atoms. The van der Waals surface area contributed by atoms with Crippen LogP contribution in [0.5, 0.6) is 0 Å². The molecule has 0 aromatic heterocycles. The van der Waals surface area contributed by atoms with Crippen molar-refractivity contribution >= 4 is 23.2 Å². The van der Waals surface area contributed by atoms with Crippen molar-refractivity contribution in [3.05, 3.63) is 33.8 Å². The lowest BCUT2D eigenvalue weighted by atomic mass is 9.84. The van der Waals surface area contributed by atoms with Crippen LogP contribution in [-0.2, 0) is 0 Å². The van der Waals surface area contributed by atoms with Crippen LogP contribution in [0.1, 0.15) is 50.2 Å². The standard InChI is InChI=1S/C14H18Cl2O/c15-11-7-4-8-12(16)14(11)13(17)9-10-5-2-1-3-6-10/h4,7-8,10,13,17H,1-3,5-6,9H2. The van der Waals surface area contributed by atoms with E-state index < -0.39 is 6.10 Å². The van der Waals surface area contributed by atoms with Gasteiger partial charge in [-0.05, 0) is 24.5 Å². The van der Waals surface area contributed by atoms with Gasteiger partial charge in [0.15, 0.2) is 0 Å². The summed E-state index contributed by atoms with van der Waals surface area (Å²) in [5.74, 6) is 0.617. The van der Waals surface area contributed by atoms with Gasteiger partial charge in [0.05, 0.1) is 6.10 Å². The van der Waals surface area contributed by atoms with Gasteiger partial charge in [-0.15, -0.1) is 0 Å². The highest BCUT2D eigenvalue weighted by Crippen LogP contribution is 2.37. The van der Waals surface area contributed by atoms with Crippen LogP contribution in [0, 0.1) is 5.92 Å². The lowest BCUT2D eigenvalue weighted by molar-refractivity contribution is 0.131. The molecule has 1 unspecified atom stereocenters. The second kappa shape index (κ2) is 6.08. The van der Waals surface area contributed by atoms with E-state index in [0.29, 0.717) is 21.5 Å². The fraction of sp³-hybridized carbons (Fsp3) is 0.571. The van der Waals surface area contributed by atoms with Crippen molar-refractivity contribution in [3.8, 4) is 0 Å². The van der Waals surface area contributed by atoms with Gasteiger partial charge >= 0.3 is 0 Å². The number of hydrogen-bond donors (Lipinski definition) is 1. The number of halogens is 2. The zero-order chi connectivity index (χ0) is 12.3. The molecule has 0 heterocycles. The van der Waals surface area contributed by atoms with Gasteiger partial charge in [-0.3, -0.25) is 0 Å². The van der Waals surface area contributed by atoms with Crippen molar-refractivity contribution < 1.29 is 5.11 Å². The first-order valence-corrected chi connectivity index (χ1v) is 7.06. The van der Waals surface area contributed by atoms with E-state index in [-0.39, 0.29) is 0 Å². The SMILES string of the molecule is OC(CC1CCCCC1)c1c(Cl)cccc1Cl. The monoisotopic (exact) mass is 272 g/mol. The smallest absolute Gasteiger partial charge is 0.0821 e. The average Bonchev–Trinajstić information content (AvgIpc) is 2.30. The summed E-state index contributed by atoms with van der Waals surface area (Å²) in [5.41, 5.74) is 0.696. The third-order valence-corrected chi connectivity index (χ3v) is 4.27. The van der Waals surface area contributed by atoms with E-state index in [9.17, 15) is 5.11 Å². The van der Waals surface area contributed by atoms with Crippen molar-refractivity contribution in [2.75, 3.05) is 0 Å². The molecule has 1 aliphatic carbocycles. The normalized spacial score (nSPS) is 19.2. The van der Waals surface area contributed by atoms with Gasteiger partial charge in [-0.25, -0.2) is 0 Å². The van der Waals surface area contributed by atoms with E-state index in [2.05, 4.69) is 0 Å². The first kappa shape index (κ1) is 13.2. The van der Waals surface area contributed by atoms with E-state index in [4.69, 9.17) is 23.2 Å². The summed E-state index contributed by atoms with van der Waals surface area (Å²) in [7, 11) is 0. The molecule has 1 nitrogen and oxygen atoms in total. The summed E-state index contributed by atoms with van der Waals surface area (Å²) in [6.45, 7) is 0. The fourth-order valence-electron chi connectivity index (χ4n) is 2.69. The maximum Gasteiger partial charge on any atom is 0.0821 e. The van der Waals surface area contributed by atoms with Crippen molar-refractivity contribution in [2.24, 2.45) is 5.92 Å². The number of benzene rings is 1. The number of aliphatic hydroxyl groups excluding tert-OH is 1. The zero-order valence-electron chi connectivity index (χ0n) is 9.83. The molecule has 94 valence electrons. The molecule has 17 heavy (non-hydrogen) atoms. The zero-order valence-corrected chi connectivity index (χ0v) is 11.3. The number of rotatable bonds is 3. The Balaban J connectivity index is 2.05. The Morgan fingerprint density at radius 3 is 2.29 bits per heavy atom. The van der Waals surface area contributed by atoms with Gasteiger partial charge < -0.3 is 5.11 Å². The maximum absolute atomic E-state index is 10.3. The summed E-state index contributed by atoms with van der Waals surface area (Å²) in [6, 6.07) is 5.38. The third-order valence-electron chi connectivity index (χ3n) is 3.61. The third kappa shape index (κ3) is 3.37. The Morgan fingerprint density at radius 2 is 1.71 bits per heavy atom. The molecule has 2 rings (SSSR count). The predicted octanol–water partition coefficient (Wildman–Crippen LogP) is 5.00. The van der Waals surface area contributed by atoms with E-state index in [1.54, 1.807) is 12.1 Å². The maximum atomic E-state index is 10.3. The Bertz CT molecular complexity index is 352. The minimum atomic E-state index is -0.528.